The zero-order valence-corrected chi connectivity index (χ0v) is 13.1. The SMILES string of the molecule is CC(C)CCN(C)S(=O)(=O)c1ccc([N+](=O)[O-])cc1NN. The van der Waals surface area contributed by atoms with E-state index >= 15 is 0 Å². The van der Waals surface area contributed by atoms with Crippen LogP contribution in [0.15, 0.2) is 23.1 Å². The van der Waals surface area contributed by atoms with E-state index in [-0.39, 0.29) is 16.3 Å². The van der Waals surface area contributed by atoms with E-state index in [4.69, 9.17) is 5.84 Å². The zero-order chi connectivity index (χ0) is 16.2. The number of nitrogens with zero attached hydrogens (tertiary/aromatic N) is 2. The number of rotatable bonds is 7. The Morgan fingerprint density at radius 1 is 1.43 bits per heavy atom. The first kappa shape index (κ1) is 17.3. The zero-order valence-electron chi connectivity index (χ0n) is 12.2. The van der Waals surface area contributed by atoms with Gasteiger partial charge in [0.05, 0.1) is 10.6 Å². The van der Waals surface area contributed by atoms with Crippen molar-refractivity contribution in [3.8, 4) is 0 Å². The summed E-state index contributed by atoms with van der Waals surface area (Å²) in [7, 11) is -2.28. The van der Waals surface area contributed by atoms with Crippen molar-refractivity contribution in [1.82, 2.24) is 4.31 Å². The molecule has 0 unspecified atom stereocenters. The minimum Gasteiger partial charge on any atom is -0.323 e. The van der Waals surface area contributed by atoms with Gasteiger partial charge in [0.25, 0.3) is 5.69 Å². The van der Waals surface area contributed by atoms with Crippen LogP contribution in [0.2, 0.25) is 0 Å². The summed E-state index contributed by atoms with van der Waals surface area (Å²) in [6.45, 7) is 4.36. The molecule has 0 radical (unpaired) electrons. The number of hydrazine groups is 1. The Labute approximate surface area is 124 Å². The van der Waals surface area contributed by atoms with Crippen LogP contribution in [-0.2, 0) is 10.0 Å². The van der Waals surface area contributed by atoms with Crippen molar-refractivity contribution in [2.45, 2.75) is 25.2 Å². The third-order valence-corrected chi connectivity index (χ3v) is 4.95. The first-order valence-corrected chi connectivity index (χ1v) is 7.85. The molecular formula is C12H20N4O4S. The molecule has 0 heterocycles. The van der Waals surface area contributed by atoms with Gasteiger partial charge in [0.1, 0.15) is 4.90 Å². The van der Waals surface area contributed by atoms with Gasteiger partial charge in [-0.1, -0.05) is 13.8 Å². The summed E-state index contributed by atoms with van der Waals surface area (Å²) < 4.78 is 26.1. The summed E-state index contributed by atoms with van der Waals surface area (Å²) in [5, 5.41) is 10.7. The molecule has 0 spiro atoms. The van der Waals surface area contributed by atoms with E-state index in [0.29, 0.717) is 18.9 Å². The van der Waals surface area contributed by atoms with Crippen LogP contribution in [0.1, 0.15) is 20.3 Å². The lowest BCUT2D eigenvalue weighted by Gasteiger charge is -2.19. The molecule has 1 aromatic carbocycles. The predicted molar refractivity (Wildman–Crippen MR) is 80.2 cm³/mol. The molecule has 3 N–H and O–H groups in total. The second-order valence-electron chi connectivity index (χ2n) is 5.09. The number of anilines is 1. The van der Waals surface area contributed by atoms with Gasteiger partial charge in [0.2, 0.25) is 10.0 Å². The normalized spacial score (nSPS) is 11.9. The Bertz CT molecular complexity index is 616. The van der Waals surface area contributed by atoms with E-state index in [9.17, 15) is 18.5 Å². The molecule has 0 aliphatic rings. The van der Waals surface area contributed by atoms with Crippen molar-refractivity contribution in [2.75, 3.05) is 19.0 Å². The minimum absolute atomic E-state index is 0.000553. The van der Waals surface area contributed by atoms with Gasteiger partial charge in [-0.05, 0) is 18.4 Å². The topological polar surface area (TPSA) is 119 Å². The molecule has 0 amide bonds. The van der Waals surface area contributed by atoms with Crippen LogP contribution in [0, 0.1) is 16.0 Å². The predicted octanol–water partition coefficient (Wildman–Crippen LogP) is 1.55. The van der Waals surface area contributed by atoms with Crippen molar-refractivity contribution < 1.29 is 13.3 Å². The molecule has 0 saturated carbocycles. The molecule has 9 heteroatoms. The lowest BCUT2D eigenvalue weighted by atomic mass is 10.1. The van der Waals surface area contributed by atoms with E-state index in [0.717, 1.165) is 12.1 Å². The molecule has 0 aliphatic carbocycles. The highest BCUT2D eigenvalue weighted by Gasteiger charge is 2.25. The molecule has 118 valence electrons. The number of sulfonamides is 1. The maximum atomic E-state index is 12.5. The third-order valence-electron chi connectivity index (χ3n) is 3.04. The van der Waals surface area contributed by atoms with E-state index < -0.39 is 14.9 Å². The van der Waals surface area contributed by atoms with Crippen molar-refractivity contribution in [2.24, 2.45) is 11.8 Å². The molecule has 0 bridgehead atoms. The summed E-state index contributed by atoms with van der Waals surface area (Å²) in [5.41, 5.74) is 1.98. The van der Waals surface area contributed by atoms with Crippen LogP contribution in [0.25, 0.3) is 0 Å². The monoisotopic (exact) mass is 316 g/mol. The van der Waals surface area contributed by atoms with Gasteiger partial charge in [-0.25, -0.2) is 12.7 Å². The van der Waals surface area contributed by atoms with Crippen molar-refractivity contribution in [3.05, 3.63) is 28.3 Å². The molecule has 0 aromatic heterocycles. The fourth-order valence-corrected chi connectivity index (χ4v) is 3.01. The van der Waals surface area contributed by atoms with Crippen LogP contribution in [0.3, 0.4) is 0 Å². The van der Waals surface area contributed by atoms with Gasteiger partial charge >= 0.3 is 0 Å². The Morgan fingerprint density at radius 3 is 2.52 bits per heavy atom. The Kier molecular flexibility index (Phi) is 5.64. The maximum Gasteiger partial charge on any atom is 0.271 e. The number of nitrogen functional groups attached to an aromatic ring is 1. The molecule has 1 aromatic rings. The molecule has 0 atom stereocenters. The van der Waals surface area contributed by atoms with Crippen molar-refractivity contribution in [1.29, 1.82) is 0 Å². The summed E-state index contributed by atoms with van der Waals surface area (Å²) in [4.78, 5) is 10.0. The number of hydrogen-bond donors (Lipinski definition) is 2. The van der Waals surface area contributed by atoms with E-state index in [2.05, 4.69) is 5.43 Å². The second-order valence-corrected chi connectivity index (χ2v) is 7.10. The van der Waals surface area contributed by atoms with E-state index in [1.54, 1.807) is 0 Å². The fraction of sp³-hybridized carbons (Fsp3) is 0.500. The van der Waals surface area contributed by atoms with Crippen LogP contribution in [0.5, 0.6) is 0 Å². The minimum atomic E-state index is -3.75. The number of nitrogens with one attached hydrogen (secondary N) is 1. The van der Waals surface area contributed by atoms with Crippen molar-refractivity contribution >= 4 is 21.4 Å². The van der Waals surface area contributed by atoms with Crippen LogP contribution >= 0.6 is 0 Å². The standard InChI is InChI=1S/C12H20N4O4S/c1-9(2)6-7-15(3)21(19,20)12-5-4-10(16(17)18)8-11(12)14-13/h4-5,8-9,14H,6-7,13H2,1-3H3. The summed E-state index contributed by atoms with van der Waals surface area (Å²) >= 11 is 0. The Hall–Kier alpha value is -1.71. The lowest BCUT2D eigenvalue weighted by molar-refractivity contribution is -0.384. The van der Waals surface area contributed by atoms with Gasteiger partial charge in [-0.15, -0.1) is 0 Å². The van der Waals surface area contributed by atoms with Crippen LogP contribution in [0.4, 0.5) is 11.4 Å². The Balaban J connectivity index is 3.16. The van der Waals surface area contributed by atoms with Gasteiger partial charge < -0.3 is 5.43 Å². The molecule has 0 saturated heterocycles. The van der Waals surface area contributed by atoms with E-state index in [1.165, 1.54) is 17.4 Å². The molecule has 0 fully saturated rings. The molecule has 21 heavy (non-hydrogen) atoms. The summed E-state index contributed by atoms with van der Waals surface area (Å²) in [6, 6.07) is 3.43. The number of nitrogens with two attached hydrogens (primary N) is 1. The van der Waals surface area contributed by atoms with Crippen LogP contribution in [-0.4, -0.2) is 31.2 Å². The highest BCUT2D eigenvalue weighted by molar-refractivity contribution is 7.89. The number of benzene rings is 1. The average Bonchev–Trinajstić information content (AvgIpc) is 2.43. The highest BCUT2D eigenvalue weighted by Crippen LogP contribution is 2.28. The number of nitro benzene ring substituents is 1. The van der Waals surface area contributed by atoms with Crippen LogP contribution < -0.4 is 11.3 Å². The number of nitro groups is 1. The van der Waals surface area contributed by atoms with Gasteiger partial charge in [0.15, 0.2) is 0 Å². The fourth-order valence-electron chi connectivity index (χ4n) is 1.70. The smallest absolute Gasteiger partial charge is 0.271 e. The Morgan fingerprint density at radius 2 is 2.05 bits per heavy atom. The molecule has 0 aliphatic heterocycles. The third kappa shape index (κ3) is 4.13. The average molecular weight is 316 g/mol. The number of hydrogen-bond acceptors (Lipinski definition) is 6. The summed E-state index contributed by atoms with van der Waals surface area (Å²) in [6.07, 6.45) is 0.716. The molecular weight excluding hydrogens is 296 g/mol. The number of non-ortho nitro benzene ring substituents is 1. The summed E-state index contributed by atoms with van der Waals surface area (Å²) in [5.74, 6) is 5.65. The molecule has 8 nitrogen and oxygen atoms in total. The van der Waals surface area contributed by atoms with Gasteiger partial charge in [-0.2, -0.15) is 0 Å². The lowest BCUT2D eigenvalue weighted by Crippen LogP contribution is -2.29. The first-order chi connectivity index (χ1) is 9.70. The maximum absolute atomic E-state index is 12.5. The second kappa shape index (κ2) is 6.83. The van der Waals surface area contributed by atoms with Crippen molar-refractivity contribution in [3.63, 3.8) is 0 Å². The van der Waals surface area contributed by atoms with Gasteiger partial charge in [0, 0.05) is 25.7 Å². The first-order valence-electron chi connectivity index (χ1n) is 6.41. The largest absolute Gasteiger partial charge is 0.323 e. The highest BCUT2D eigenvalue weighted by atomic mass is 32.2. The molecule has 1 rings (SSSR count). The quantitative estimate of drug-likeness (QED) is 0.447. The van der Waals surface area contributed by atoms with E-state index in [1.807, 2.05) is 13.8 Å². The van der Waals surface area contributed by atoms with Gasteiger partial charge in [-0.3, -0.25) is 16.0 Å².